The van der Waals surface area contributed by atoms with Gasteiger partial charge in [0.2, 0.25) is 0 Å². The fourth-order valence-corrected chi connectivity index (χ4v) is 3.71. The first-order valence-corrected chi connectivity index (χ1v) is 9.22. The van der Waals surface area contributed by atoms with Crippen LogP contribution < -0.4 is 11.1 Å². The third kappa shape index (κ3) is 3.48. The lowest BCUT2D eigenvalue weighted by Gasteiger charge is -2.21. The van der Waals surface area contributed by atoms with Crippen molar-refractivity contribution in [2.24, 2.45) is 9.98 Å². The number of nitrogens with one attached hydrogen (secondary N) is 1. The van der Waals surface area contributed by atoms with Crippen molar-refractivity contribution in [2.45, 2.75) is 13.5 Å². The highest BCUT2D eigenvalue weighted by Gasteiger charge is 2.25. The third-order valence-corrected chi connectivity index (χ3v) is 5.13. The number of allylic oxidation sites excluding steroid dienone is 3. The number of aromatic nitrogens is 1. The zero-order valence-electron chi connectivity index (χ0n) is 14.6. The molecule has 0 unspecified atom stereocenters. The van der Waals surface area contributed by atoms with E-state index in [1.807, 2.05) is 37.3 Å². The highest BCUT2D eigenvalue weighted by atomic mass is 35.5. The summed E-state index contributed by atoms with van der Waals surface area (Å²) in [5.41, 5.74) is 12.3. The largest absolute Gasteiger partial charge is 0.384 e. The molecule has 1 aromatic heterocycles. The van der Waals surface area contributed by atoms with Crippen LogP contribution in [0.3, 0.4) is 0 Å². The molecule has 136 valence electrons. The summed E-state index contributed by atoms with van der Waals surface area (Å²) in [7, 11) is 0. The number of nitrogens with zero attached hydrogens (tertiary/aromatic N) is 3. The molecular formula is C20H17Cl2N5. The zero-order chi connectivity index (χ0) is 19.0. The molecule has 0 atom stereocenters. The van der Waals surface area contributed by atoms with E-state index in [0.29, 0.717) is 29.0 Å². The fraction of sp³-hybridized carbons (Fsp3) is 0.150. The first-order valence-electron chi connectivity index (χ1n) is 8.47. The number of dihydropyridines is 1. The van der Waals surface area contributed by atoms with Gasteiger partial charge in [0.05, 0.1) is 23.7 Å². The van der Waals surface area contributed by atoms with E-state index in [2.05, 4.69) is 21.4 Å². The number of anilines is 1. The molecule has 2 aliphatic rings. The lowest BCUT2D eigenvalue weighted by Crippen LogP contribution is -2.29. The predicted molar refractivity (Wildman–Crippen MR) is 112 cm³/mol. The van der Waals surface area contributed by atoms with Gasteiger partial charge in [0.15, 0.2) is 0 Å². The molecule has 7 heteroatoms. The average molecular weight is 398 g/mol. The monoisotopic (exact) mass is 397 g/mol. The molecule has 4 rings (SSSR count). The topological polar surface area (TPSA) is 75.7 Å². The maximum Gasteiger partial charge on any atom is 0.123 e. The van der Waals surface area contributed by atoms with Gasteiger partial charge in [-0.05, 0) is 37.3 Å². The molecule has 27 heavy (non-hydrogen) atoms. The second-order valence-corrected chi connectivity index (χ2v) is 7.14. The van der Waals surface area contributed by atoms with Gasteiger partial charge in [0.1, 0.15) is 5.82 Å². The summed E-state index contributed by atoms with van der Waals surface area (Å²) in [6.07, 6.45) is 3.74. The molecule has 5 nitrogen and oxygen atoms in total. The quantitative estimate of drug-likeness (QED) is 0.812. The Morgan fingerprint density at radius 3 is 2.70 bits per heavy atom. The van der Waals surface area contributed by atoms with Crippen LogP contribution in [0, 0.1) is 0 Å². The normalized spacial score (nSPS) is 15.9. The highest BCUT2D eigenvalue weighted by molar-refractivity contribution is 6.36. The SMILES string of the molecule is CC1=CC2=C(NCc3c(Cl)cccc3Cl)C(c3ccnc(N)c3)=NCC2=N1. The molecule has 0 bridgehead atoms. The van der Waals surface area contributed by atoms with Gasteiger partial charge < -0.3 is 11.1 Å². The summed E-state index contributed by atoms with van der Waals surface area (Å²) in [6, 6.07) is 9.20. The molecule has 0 aliphatic carbocycles. The first-order chi connectivity index (χ1) is 13.0. The van der Waals surface area contributed by atoms with E-state index < -0.39 is 0 Å². The van der Waals surface area contributed by atoms with Crippen molar-refractivity contribution in [2.75, 3.05) is 12.3 Å². The van der Waals surface area contributed by atoms with Crippen molar-refractivity contribution < 1.29 is 0 Å². The second-order valence-electron chi connectivity index (χ2n) is 6.32. The van der Waals surface area contributed by atoms with Gasteiger partial charge in [-0.1, -0.05) is 29.3 Å². The number of hydrogen-bond acceptors (Lipinski definition) is 5. The molecule has 0 saturated carbocycles. The molecule has 1 aromatic carbocycles. The second kappa shape index (κ2) is 7.18. The number of fused-ring (bicyclic) bond motifs is 1. The molecule has 0 fully saturated rings. The summed E-state index contributed by atoms with van der Waals surface area (Å²) in [5, 5.41) is 4.71. The Morgan fingerprint density at radius 1 is 1.19 bits per heavy atom. The van der Waals surface area contributed by atoms with Gasteiger partial charge in [-0.2, -0.15) is 0 Å². The molecule has 3 N–H and O–H groups in total. The Balaban J connectivity index is 1.74. The zero-order valence-corrected chi connectivity index (χ0v) is 16.1. The average Bonchev–Trinajstić information content (AvgIpc) is 3.01. The number of nitrogen functional groups attached to an aromatic ring is 1. The van der Waals surface area contributed by atoms with Crippen molar-refractivity contribution >= 4 is 40.4 Å². The summed E-state index contributed by atoms with van der Waals surface area (Å²) in [4.78, 5) is 13.4. The minimum atomic E-state index is 0.450. The van der Waals surface area contributed by atoms with Crippen LogP contribution in [0.2, 0.25) is 10.0 Å². The summed E-state index contributed by atoms with van der Waals surface area (Å²) < 4.78 is 0. The van der Waals surface area contributed by atoms with Crippen LogP contribution in [-0.4, -0.2) is 23.0 Å². The Morgan fingerprint density at radius 2 is 1.96 bits per heavy atom. The smallest absolute Gasteiger partial charge is 0.123 e. The third-order valence-electron chi connectivity index (χ3n) is 4.43. The minimum Gasteiger partial charge on any atom is -0.384 e. The van der Waals surface area contributed by atoms with Crippen LogP contribution in [0.1, 0.15) is 18.1 Å². The van der Waals surface area contributed by atoms with Crippen LogP contribution >= 0.6 is 23.2 Å². The maximum atomic E-state index is 6.32. The van der Waals surface area contributed by atoms with Crippen molar-refractivity contribution in [3.05, 3.63) is 80.7 Å². The van der Waals surface area contributed by atoms with E-state index in [1.54, 1.807) is 6.20 Å². The molecule has 0 radical (unpaired) electrons. The number of nitrogens with two attached hydrogens (primary N) is 1. The van der Waals surface area contributed by atoms with Crippen molar-refractivity contribution in [3.8, 4) is 0 Å². The van der Waals surface area contributed by atoms with Gasteiger partial charge in [0, 0.05) is 45.2 Å². The van der Waals surface area contributed by atoms with Crippen molar-refractivity contribution in [1.29, 1.82) is 0 Å². The van der Waals surface area contributed by atoms with Crippen LogP contribution in [0.15, 0.2) is 69.6 Å². The van der Waals surface area contributed by atoms with Crippen LogP contribution in [0.5, 0.6) is 0 Å². The van der Waals surface area contributed by atoms with E-state index in [1.165, 1.54) is 0 Å². The van der Waals surface area contributed by atoms with Gasteiger partial charge in [0.25, 0.3) is 0 Å². The Bertz CT molecular complexity index is 1030. The van der Waals surface area contributed by atoms with E-state index in [9.17, 15) is 0 Å². The van der Waals surface area contributed by atoms with Gasteiger partial charge in [-0.15, -0.1) is 0 Å². The molecule has 0 amide bonds. The number of rotatable bonds is 4. The molecule has 0 spiro atoms. The molecule has 2 aliphatic heterocycles. The summed E-state index contributed by atoms with van der Waals surface area (Å²) in [5.74, 6) is 0.450. The first kappa shape index (κ1) is 17.8. The fourth-order valence-electron chi connectivity index (χ4n) is 3.18. The van der Waals surface area contributed by atoms with E-state index >= 15 is 0 Å². The Hall–Kier alpha value is -2.63. The Labute approximate surface area is 167 Å². The van der Waals surface area contributed by atoms with Crippen molar-refractivity contribution in [3.63, 3.8) is 0 Å². The van der Waals surface area contributed by atoms with Gasteiger partial charge in [-0.3, -0.25) is 9.98 Å². The van der Waals surface area contributed by atoms with Gasteiger partial charge >= 0.3 is 0 Å². The van der Waals surface area contributed by atoms with Crippen LogP contribution in [-0.2, 0) is 6.54 Å². The van der Waals surface area contributed by atoms with E-state index in [-0.39, 0.29) is 0 Å². The number of halogens is 2. The Kier molecular flexibility index (Phi) is 4.72. The maximum absolute atomic E-state index is 6.32. The lowest BCUT2D eigenvalue weighted by molar-refractivity contribution is 0.837. The highest BCUT2D eigenvalue weighted by Crippen LogP contribution is 2.28. The van der Waals surface area contributed by atoms with Crippen LogP contribution in [0.25, 0.3) is 0 Å². The van der Waals surface area contributed by atoms with Gasteiger partial charge in [-0.25, -0.2) is 4.98 Å². The molecule has 0 saturated heterocycles. The molecule has 3 heterocycles. The van der Waals surface area contributed by atoms with E-state index in [0.717, 1.165) is 39.5 Å². The number of hydrogen-bond donors (Lipinski definition) is 2. The van der Waals surface area contributed by atoms with Crippen LogP contribution in [0.4, 0.5) is 5.82 Å². The predicted octanol–water partition coefficient (Wildman–Crippen LogP) is 4.18. The van der Waals surface area contributed by atoms with E-state index in [4.69, 9.17) is 33.9 Å². The minimum absolute atomic E-state index is 0.450. The standard InChI is InChI=1S/C20H17Cl2N5/c1-11-7-13-17(27-11)10-26-19(12-5-6-24-18(23)8-12)20(13)25-9-14-15(21)3-2-4-16(14)22/h2-8,25H,9-10H2,1H3,(H2,23,24). The number of aliphatic imine (C=N–C) groups is 2. The molecular weight excluding hydrogens is 381 g/mol. The van der Waals surface area contributed by atoms with Crippen molar-refractivity contribution in [1.82, 2.24) is 10.3 Å². The summed E-state index contributed by atoms with van der Waals surface area (Å²) in [6.45, 7) is 2.97. The number of benzene rings is 1. The lowest BCUT2D eigenvalue weighted by atomic mass is 9.97. The summed E-state index contributed by atoms with van der Waals surface area (Å²) >= 11 is 12.6. The molecule has 2 aromatic rings. The number of pyridine rings is 1.